The van der Waals surface area contributed by atoms with Crippen molar-refractivity contribution < 1.29 is 28.9 Å². The number of benzene rings is 1. The molecule has 3 amide bonds. The number of aromatic nitrogens is 1. The minimum atomic E-state index is -1.16. The first-order valence-electron chi connectivity index (χ1n) is 10.7. The number of nitrogens with zero attached hydrogens (tertiary/aromatic N) is 3. The highest BCUT2D eigenvalue weighted by Crippen LogP contribution is 2.49. The summed E-state index contributed by atoms with van der Waals surface area (Å²) < 4.78 is 1.76. The number of hydrogen-bond donors (Lipinski definition) is 2. The summed E-state index contributed by atoms with van der Waals surface area (Å²) in [5.74, 6) is -2.30. The first kappa shape index (κ1) is 20.9. The van der Waals surface area contributed by atoms with Gasteiger partial charge in [0, 0.05) is 36.4 Å². The second kappa shape index (κ2) is 7.54. The smallest absolute Gasteiger partial charge is 0.352 e. The lowest BCUT2D eigenvalue weighted by Crippen LogP contribution is -2.73. The highest BCUT2D eigenvalue weighted by molar-refractivity contribution is 6.03. The third kappa shape index (κ3) is 3.19. The van der Waals surface area contributed by atoms with Crippen LogP contribution in [0.1, 0.15) is 18.9 Å². The van der Waals surface area contributed by atoms with Gasteiger partial charge in [0.2, 0.25) is 18.0 Å². The Morgan fingerprint density at radius 2 is 2.00 bits per heavy atom. The van der Waals surface area contributed by atoms with Gasteiger partial charge in [0.15, 0.2) is 6.20 Å². The van der Waals surface area contributed by atoms with E-state index >= 15 is 0 Å². The van der Waals surface area contributed by atoms with Crippen LogP contribution in [0, 0.1) is 5.92 Å². The first-order chi connectivity index (χ1) is 15.8. The standard InChI is InChI=1S/C24H22N4O5/c1-13(29)27-9-8-17-16(21(24(32)33)28-20(17)22(27)23(28)31)7-6-14-10-15-4-2-3-5-18(15)26(11-14)12-19(25)30/h2-7,10-11,17,20,22H,8-9,12H2,1H3,(H2-,25,30,32,33)/p+1/b7-6+/t17?,20-,22+/m1/s1. The number of carboxylic acid groups (broad SMARTS) is 1. The van der Waals surface area contributed by atoms with E-state index in [1.807, 2.05) is 30.3 Å². The molecule has 33 heavy (non-hydrogen) atoms. The number of likely N-dealkylation sites (tertiary alicyclic amines) is 1. The van der Waals surface area contributed by atoms with E-state index in [1.165, 1.54) is 11.8 Å². The number of para-hydroxylation sites is 1. The summed E-state index contributed by atoms with van der Waals surface area (Å²) in [6.45, 7) is 1.86. The minimum Gasteiger partial charge on any atom is -0.477 e. The molecule has 0 saturated carbocycles. The molecule has 0 bridgehead atoms. The monoisotopic (exact) mass is 447 g/mol. The van der Waals surface area contributed by atoms with E-state index in [0.29, 0.717) is 18.5 Å². The molecule has 3 aliphatic heterocycles. The molecule has 5 rings (SSSR count). The molecule has 2 fully saturated rings. The highest BCUT2D eigenvalue weighted by atomic mass is 16.4. The summed E-state index contributed by atoms with van der Waals surface area (Å²) in [6.07, 6.45) is 5.92. The fourth-order valence-corrected chi connectivity index (χ4v) is 5.41. The third-order valence-electron chi connectivity index (χ3n) is 6.72. The number of carboxylic acids is 1. The molecule has 9 heteroatoms. The van der Waals surface area contributed by atoms with Crippen molar-refractivity contribution in [3.63, 3.8) is 0 Å². The van der Waals surface area contributed by atoms with Crippen LogP contribution in [0.15, 0.2) is 53.9 Å². The number of pyridine rings is 1. The van der Waals surface area contributed by atoms with Crippen molar-refractivity contribution in [1.29, 1.82) is 0 Å². The molecule has 1 unspecified atom stereocenters. The number of nitrogens with two attached hydrogens (primary N) is 1. The number of piperidine rings is 1. The number of hydrogen-bond acceptors (Lipinski definition) is 4. The number of fused-ring (bicyclic) bond motifs is 1. The van der Waals surface area contributed by atoms with Crippen LogP contribution < -0.4 is 10.3 Å². The maximum Gasteiger partial charge on any atom is 0.352 e. The summed E-state index contributed by atoms with van der Waals surface area (Å²) in [4.78, 5) is 51.3. The van der Waals surface area contributed by atoms with E-state index < -0.39 is 17.9 Å². The molecule has 1 aromatic heterocycles. The summed E-state index contributed by atoms with van der Waals surface area (Å²) in [5.41, 5.74) is 7.61. The van der Waals surface area contributed by atoms with Gasteiger partial charge >= 0.3 is 5.97 Å². The SMILES string of the molecule is CC(=O)N1CCC2C(/C=C/c3cc4ccccc4[n+](CC(N)=O)c3)=C(C(=O)O)N3C(=O)[C@@H]1[C@@H]23. The van der Waals surface area contributed by atoms with E-state index in [-0.39, 0.29) is 36.0 Å². The van der Waals surface area contributed by atoms with Crippen LogP contribution >= 0.6 is 0 Å². The molecule has 9 nitrogen and oxygen atoms in total. The van der Waals surface area contributed by atoms with Crippen molar-refractivity contribution in [2.75, 3.05) is 6.54 Å². The van der Waals surface area contributed by atoms with Gasteiger partial charge in [0.05, 0.1) is 6.04 Å². The predicted octanol–water partition coefficient (Wildman–Crippen LogP) is 0.426. The molecule has 3 atom stereocenters. The molecule has 0 spiro atoms. The van der Waals surface area contributed by atoms with Crippen molar-refractivity contribution in [3.05, 3.63) is 59.4 Å². The predicted molar refractivity (Wildman–Crippen MR) is 117 cm³/mol. The van der Waals surface area contributed by atoms with Crippen LogP contribution in [0.4, 0.5) is 0 Å². The number of carbonyl (C=O) groups excluding carboxylic acids is 3. The van der Waals surface area contributed by atoms with Crippen molar-refractivity contribution in [1.82, 2.24) is 9.80 Å². The van der Waals surface area contributed by atoms with Crippen molar-refractivity contribution in [3.8, 4) is 0 Å². The molecule has 168 valence electrons. The number of aliphatic carboxylic acids is 1. The largest absolute Gasteiger partial charge is 0.477 e. The lowest BCUT2D eigenvalue weighted by molar-refractivity contribution is -0.658. The maximum absolute atomic E-state index is 12.8. The summed E-state index contributed by atoms with van der Waals surface area (Å²) in [6, 6.07) is 8.61. The fourth-order valence-electron chi connectivity index (χ4n) is 5.41. The van der Waals surface area contributed by atoms with Gasteiger partial charge in [-0.25, -0.2) is 4.79 Å². The average Bonchev–Trinajstić information content (AvgIpc) is 3.09. The number of β-lactam (4-membered cyclic amide) rings is 1. The average molecular weight is 447 g/mol. The van der Waals surface area contributed by atoms with Crippen LogP contribution in [0.5, 0.6) is 0 Å². The Bertz CT molecular complexity index is 1300. The maximum atomic E-state index is 12.8. The quantitative estimate of drug-likeness (QED) is 0.508. The molecular formula is C24H23N4O5+. The fraction of sp³-hybridized carbons (Fsp3) is 0.292. The Kier molecular flexibility index (Phi) is 4.77. The van der Waals surface area contributed by atoms with E-state index in [2.05, 4.69) is 0 Å². The number of amides is 3. The van der Waals surface area contributed by atoms with Crippen LogP contribution in [0.3, 0.4) is 0 Å². The topological polar surface area (TPSA) is 125 Å². The number of carbonyl (C=O) groups is 4. The normalized spacial score (nSPS) is 23.8. The Hall–Kier alpha value is -4.01. The van der Waals surface area contributed by atoms with Crippen LogP contribution in [0.25, 0.3) is 17.0 Å². The van der Waals surface area contributed by atoms with Gasteiger partial charge in [0.25, 0.3) is 11.8 Å². The second-order valence-corrected chi connectivity index (χ2v) is 8.62. The van der Waals surface area contributed by atoms with Gasteiger partial charge in [0.1, 0.15) is 11.7 Å². The zero-order valence-electron chi connectivity index (χ0n) is 18.0. The first-order valence-corrected chi connectivity index (χ1v) is 10.7. The lowest BCUT2D eigenvalue weighted by atomic mass is 9.78. The zero-order valence-corrected chi connectivity index (χ0v) is 18.0. The highest BCUT2D eigenvalue weighted by Gasteiger charge is 2.63. The molecule has 0 aliphatic carbocycles. The molecule has 2 saturated heterocycles. The molecule has 4 heterocycles. The van der Waals surface area contributed by atoms with Gasteiger partial charge in [-0.15, -0.1) is 0 Å². The summed E-state index contributed by atoms with van der Waals surface area (Å²) in [7, 11) is 0. The molecule has 3 N–H and O–H groups in total. The second-order valence-electron chi connectivity index (χ2n) is 8.62. The minimum absolute atomic E-state index is 0.0147. The van der Waals surface area contributed by atoms with Crippen molar-refractivity contribution >= 4 is 40.7 Å². The van der Waals surface area contributed by atoms with Gasteiger partial charge in [-0.3, -0.25) is 19.3 Å². The van der Waals surface area contributed by atoms with Crippen molar-refractivity contribution in [2.24, 2.45) is 11.7 Å². The van der Waals surface area contributed by atoms with Gasteiger partial charge in [-0.1, -0.05) is 18.2 Å². The molecule has 1 aromatic carbocycles. The van der Waals surface area contributed by atoms with E-state index in [0.717, 1.165) is 16.5 Å². The Morgan fingerprint density at radius 1 is 1.24 bits per heavy atom. The van der Waals surface area contributed by atoms with E-state index in [4.69, 9.17) is 5.73 Å². The molecule has 3 aliphatic rings. The lowest BCUT2D eigenvalue weighted by Gasteiger charge is -2.53. The summed E-state index contributed by atoms with van der Waals surface area (Å²) >= 11 is 0. The Labute approximate surface area is 189 Å². The van der Waals surface area contributed by atoms with Crippen molar-refractivity contribution in [2.45, 2.75) is 32.0 Å². The van der Waals surface area contributed by atoms with Crippen LogP contribution in [-0.4, -0.2) is 57.2 Å². The van der Waals surface area contributed by atoms with Gasteiger partial charge in [-0.2, -0.15) is 4.57 Å². The van der Waals surface area contributed by atoms with Gasteiger partial charge in [-0.05, 0) is 30.2 Å². The molecular weight excluding hydrogens is 424 g/mol. The van der Waals surface area contributed by atoms with E-state index in [1.54, 1.807) is 27.8 Å². The zero-order chi connectivity index (χ0) is 23.4. The molecule has 2 aromatic rings. The number of primary amides is 1. The van der Waals surface area contributed by atoms with Gasteiger partial charge < -0.3 is 15.7 Å². The third-order valence-corrected chi connectivity index (χ3v) is 6.72. The Balaban J connectivity index is 1.54. The Morgan fingerprint density at radius 3 is 2.70 bits per heavy atom. The van der Waals surface area contributed by atoms with E-state index in [9.17, 15) is 24.3 Å². The van der Waals surface area contributed by atoms with Crippen LogP contribution in [-0.2, 0) is 25.7 Å². The number of rotatable bonds is 5. The molecule has 0 radical (unpaired) electrons. The van der Waals surface area contributed by atoms with Crippen LogP contribution in [0.2, 0.25) is 0 Å². The summed E-state index contributed by atoms with van der Waals surface area (Å²) in [5, 5.41) is 10.8. The number of allylic oxidation sites excluding steroid dienone is 1.